The lowest BCUT2D eigenvalue weighted by Crippen LogP contribution is -2.41. The molecule has 6 nitrogen and oxygen atoms in total. The Balaban J connectivity index is 1.55. The molecule has 1 aliphatic rings. The SMILES string of the molecule is C[C@H](Oc1ccccc1Cl)c1nnc(SCC(=O)N[C@@H]2CCCC[C@H]2C)n1C. The fraction of sp³-hybridized carbons (Fsp3) is 0.550. The average molecular weight is 423 g/mol. The number of aromatic nitrogens is 3. The summed E-state index contributed by atoms with van der Waals surface area (Å²) in [5.74, 6) is 2.22. The number of hydrogen-bond acceptors (Lipinski definition) is 5. The van der Waals surface area contributed by atoms with Crippen molar-refractivity contribution >= 4 is 29.3 Å². The predicted molar refractivity (Wildman–Crippen MR) is 112 cm³/mol. The molecule has 1 fully saturated rings. The summed E-state index contributed by atoms with van der Waals surface area (Å²) in [6.07, 6.45) is 4.40. The molecule has 28 heavy (non-hydrogen) atoms. The van der Waals surface area contributed by atoms with Crippen LogP contribution in [0.15, 0.2) is 29.4 Å². The van der Waals surface area contributed by atoms with E-state index in [4.69, 9.17) is 16.3 Å². The zero-order chi connectivity index (χ0) is 20.1. The van der Waals surface area contributed by atoms with Gasteiger partial charge in [-0.15, -0.1) is 10.2 Å². The summed E-state index contributed by atoms with van der Waals surface area (Å²) in [5.41, 5.74) is 0. The number of carbonyl (C=O) groups is 1. The van der Waals surface area contributed by atoms with Crippen LogP contribution in [0.1, 0.15) is 51.5 Å². The minimum atomic E-state index is -0.316. The second kappa shape index (κ2) is 9.65. The van der Waals surface area contributed by atoms with Gasteiger partial charge in [-0.05, 0) is 37.8 Å². The maximum atomic E-state index is 12.3. The summed E-state index contributed by atoms with van der Waals surface area (Å²) in [7, 11) is 1.88. The van der Waals surface area contributed by atoms with Crippen LogP contribution < -0.4 is 10.1 Å². The van der Waals surface area contributed by atoms with Crippen molar-refractivity contribution in [2.45, 2.75) is 56.8 Å². The van der Waals surface area contributed by atoms with E-state index in [9.17, 15) is 4.79 Å². The van der Waals surface area contributed by atoms with Gasteiger partial charge in [0.25, 0.3) is 0 Å². The van der Waals surface area contributed by atoms with Gasteiger partial charge in [-0.3, -0.25) is 4.79 Å². The van der Waals surface area contributed by atoms with Gasteiger partial charge in [0.15, 0.2) is 17.1 Å². The number of nitrogens with one attached hydrogen (secondary N) is 1. The number of thioether (sulfide) groups is 1. The highest BCUT2D eigenvalue weighted by Gasteiger charge is 2.23. The van der Waals surface area contributed by atoms with Gasteiger partial charge in [0, 0.05) is 13.1 Å². The van der Waals surface area contributed by atoms with Crippen LogP contribution in [0.25, 0.3) is 0 Å². The number of rotatable bonds is 7. The lowest BCUT2D eigenvalue weighted by atomic mass is 9.86. The summed E-state index contributed by atoms with van der Waals surface area (Å²) in [4.78, 5) is 12.3. The molecule has 1 saturated carbocycles. The molecule has 8 heteroatoms. The van der Waals surface area contributed by atoms with Gasteiger partial charge in [-0.25, -0.2) is 0 Å². The van der Waals surface area contributed by atoms with E-state index in [1.165, 1.54) is 31.0 Å². The maximum Gasteiger partial charge on any atom is 0.230 e. The smallest absolute Gasteiger partial charge is 0.230 e. The van der Waals surface area contributed by atoms with Crippen molar-refractivity contribution in [2.75, 3.05) is 5.75 Å². The van der Waals surface area contributed by atoms with E-state index in [0.29, 0.717) is 39.5 Å². The second-order valence-electron chi connectivity index (χ2n) is 7.31. The van der Waals surface area contributed by atoms with E-state index in [1.807, 2.05) is 36.7 Å². The first-order chi connectivity index (χ1) is 13.5. The Morgan fingerprint density at radius 2 is 2.11 bits per heavy atom. The molecule has 1 aliphatic carbocycles. The summed E-state index contributed by atoms with van der Waals surface area (Å²) in [6, 6.07) is 7.63. The number of hydrogen-bond donors (Lipinski definition) is 1. The van der Waals surface area contributed by atoms with E-state index in [2.05, 4.69) is 22.4 Å². The van der Waals surface area contributed by atoms with E-state index >= 15 is 0 Å². The van der Waals surface area contributed by atoms with E-state index < -0.39 is 0 Å². The Bertz CT molecular complexity index is 813. The fourth-order valence-corrected chi connectivity index (χ4v) is 4.41. The first-order valence-electron chi connectivity index (χ1n) is 9.68. The highest BCUT2D eigenvalue weighted by molar-refractivity contribution is 7.99. The van der Waals surface area contributed by atoms with Gasteiger partial charge >= 0.3 is 0 Å². The molecule has 1 amide bonds. The van der Waals surface area contributed by atoms with E-state index in [1.54, 1.807) is 6.07 Å². The lowest BCUT2D eigenvalue weighted by molar-refractivity contribution is -0.119. The fourth-order valence-electron chi connectivity index (χ4n) is 3.50. The largest absolute Gasteiger partial charge is 0.481 e. The Morgan fingerprint density at radius 1 is 1.36 bits per heavy atom. The summed E-state index contributed by atoms with van der Waals surface area (Å²) < 4.78 is 7.78. The molecule has 1 aromatic carbocycles. The first-order valence-corrected chi connectivity index (χ1v) is 11.0. The standard InChI is InChI=1S/C20H27ClN4O2S/c1-13-8-4-6-10-16(13)22-18(26)12-28-20-24-23-19(25(20)3)14(2)27-17-11-7-5-9-15(17)21/h5,7,9,11,13-14,16H,4,6,8,10,12H2,1-3H3,(H,22,26)/t13-,14+,16-/m1/s1. The molecule has 1 heterocycles. The number of amides is 1. The van der Waals surface area contributed by atoms with Crippen molar-refractivity contribution in [2.24, 2.45) is 13.0 Å². The molecular formula is C20H27ClN4O2S. The van der Waals surface area contributed by atoms with Crippen LogP contribution in [0, 0.1) is 5.92 Å². The Kier molecular flexibility index (Phi) is 7.24. The number of halogens is 1. The van der Waals surface area contributed by atoms with Crippen molar-refractivity contribution in [3.05, 3.63) is 35.1 Å². The third-order valence-electron chi connectivity index (χ3n) is 5.16. The summed E-state index contributed by atoms with van der Waals surface area (Å²) >= 11 is 7.55. The van der Waals surface area contributed by atoms with Gasteiger partial charge in [0.1, 0.15) is 5.75 Å². The van der Waals surface area contributed by atoms with Crippen molar-refractivity contribution in [3.63, 3.8) is 0 Å². The van der Waals surface area contributed by atoms with E-state index in [0.717, 1.165) is 6.42 Å². The van der Waals surface area contributed by atoms with Crippen molar-refractivity contribution in [1.29, 1.82) is 0 Å². The molecule has 1 N–H and O–H groups in total. The molecule has 0 unspecified atom stereocenters. The zero-order valence-corrected chi connectivity index (χ0v) is 18.1. The summed E-state index contributed by atoms with van der Waals surface area (Å²) in [5, 5.41) is 12.9. The van der Waals surface area contributed by atoms with Crippen molar-refractivity contribution in [1.82, 2.24) is 20.1 Å². The van der Waals surface area contributed by atoms with Crippen LogP contribution in [-0.2, 0) is 11.8 Å². The molecule has 0 radical (unpaired) electrons. The van der Waals surface area contributed by atoms with Gasteiger partial charge in [-0.2, -0.15) is 0 Å². The predicted octanol–water partition coefficient (Wildman–Crippen LogP) is 4.40. The molecule has 3 rings (SSSR count). The highest BCUT2D eigenvalue weighted by Crippen LogP contribution is 2.29. The normalized spacial score (nSPS) is 20.6. The minimum absolute atomic E-state index is 0.0497. The molecular weight excluding hydrogens is 396 g/mol. The quantitative estimate of drug-likeness (QED) is 0.670. The van der Waals surface area contributed by atoms with Crippen molar-refractivity contribution < 1.29 is 9.53 Å². The first kappa shape index (κ1) is 21.0. The molecule has 3 atom stereocenters. The van der Waals surface area contributed by atoms with Crippen LogP contribution in [0.2, 0.25) is 5.02 Å². The molecule has 152 valence electrons. The molecule has 0 saturated heterocycles. The Labute approximate surface area is 175 Å². The molecule has 0 aliphatic heterocycles. The topological polar surface area (TPSA) is 69.0 Å². The maximum absolute atomic E-state index is 12.3. The molecule has 0 bridgehead atoms. The Morgan fingerprint density at radius 3 is 2.86 bits per heavy atom. The van der Waals surface area contributed by atoms with Crippen LogP contribution >= 0.6 is 23.4 Å². The van der Waals surface area contributed by atoms with Crippen LogP contribution in [0.4, 0.5) is 0 Å². The molecule has 0 spiro atoms. The Hall–Kier alpha value is -1.73. The third-order valence-corrected chi connectivity index (χ3v) is 6.50. The van der Waals surface area contributed by atoms with Crippen molar-refractivity contribution in [3.8, 4) is 5.75 Å². The highest BCUT2D eigenvalue weighted by atomic mass is 35.5. The zero-order valence-electron chi connectivity index (χ0n) is 16.5. The minimum Gasteiger partial charge on any atom is -0.481 e. The van der Waals surface area contributed by atoms with E-state index in [-0.39, 0.29) is 12.0 Å². The second-order valence-corrected chi connectivity index (χ2v) is 8.66. The number of nitrogens with zero attached hydrogens (tertiary/aromatic N) is 3. The monoisotopic (exact) mass is 422 g/mol. The van der Waals surface area contributed by atoms with Crippen LogP contribution in [-0.4, -0.2) is 32.5 Å². The number of benzene rings is 1. The third kappa shape index (κ3) is 5.20. The van der Waals surface area contributed by atoms with Crippen LogP contribution in [0.3, 0.4) is 0 Å². The molecule has 2 aromatic rings. The van der Waals surface area contributed by atoms with Gasteiger partial charge < -0.3 is 14.6 Å². The van der Waals surface area contributed by atoms with Gasteiger partial charge in [0.2, 0.25) is 5.91 Å². The number of carbonyl (C=O) groups excluding carboxylic acids is 1. The lowest BCUT2D eigenvalue weighted by Gasteiger charge is -2.29. The van der Waals surface area contributed by atoms with Gasteiger partial charge in [-0.1, -0.05) is 55.3 Å². The number of ether oxygens (including phenoxy) is 1. The van der Waals surface area contributed by atoms with Crippen LogP contribution in [0.5, 0.6) is 5.75 Å². The molecule has 1 aromatic heterocycles. The van der Waals surface area contributed by atoms with Gasteiger partial charge in [0.05, 0.1) is 10.8 Å². The average Bonchev–Trinajstić information content (AvgIpc) is 3.04. The summed E-state index contributed by atoms with van der Waals surface area (Å²) in [6.45, 7) is 4.12. The number of para-hydroxylation sites is 1.